The van der Waals surface area contributed by atoms with Crippen LogP contribution in [0, 0.1) is 40.4 Å². The summed E-state index contributed by atoms with van der Waals surface area (Å²) < 4.78 is 0. The number of fused-ring (bicyclic) bond motifs is 5. The number of hydrogen-bond acceptors (Lipinski definition) is 3. The van der Waals surface area contributed by atoms with Crippen molar-refractivity contribution in [2.45, 2.75) is 78.1 Å². The second-order valence-corrected chi connectivity index (χ2v) is 10.6. The Labute approximate surface area is 174 Å². The molecule has 0 saturated heterocycles. The minimum atomic E-state index is -0.153. The van der Waals surface area contributed by atoms with E-state index in [2.05, 4.69) is 36.0 Å². The van der Waals surface area contributed by atoms with Crippen LogP contribution in [0.25, 0.3) is 10.4 Å². The highest BCUT2D eigenvalue weighted by molar-refractivity contribution is 5.88. The summed E-state index contributed by atoms with van der Waals surface area (Å²) in [7, 11) is 0. The van der Waals surface area contributed by atoms with E-state index in [4.69, 9.17) is 5.53 Å². The lowest BCUT2D eigenvalue weighted by Crippen LogP contribution is -2.56. The van der Waals surface area contributed by atoms with Crippen molar-refractivity contribution in [3.63, 3.8) is 0 Å². The van der Waals surface area contributed by atoms with Crippen LogP contribution in [0.5, 0.6) is 0 Å². The first-order chi connectivity index (χ1) is 13.9. The summed E-state index contributed by atoms with van der Waals surface area (Å²) >= 11 is 0. The number of rotatable bonds is 5. The van der Waals surface area contributed by atoms with Gasteiger partial charge in [0.1, 0.15) is 11.6 Å². The van der Waals surface area contributed by atoms with Gasteiger partial charge in [0.25, 0.3) is 0 Å². The van der Waals surface area contributed by atoms with Crippen LogP contribution in [0.1, 0.15) is 78.1 Å². The Balaban J connectivity index is 1.44. The van der Waals surface area contributed by atoms with Crippen molar-refractivity contribution < 1.29 is 9.59 Å². The number of unbranched alkanes of at least 4 members (excludes halogenated alkanes) is 1. The molecule has 0 aliphatic heterocycles. The van der Waals surface area contributed by atoms with Crippen molar-refractivity contribution in [1.29, 1.82) is 0 Å². The molecule has 0 N–H and O–H groups in total. The van der Waals surface area contributed by atoms with E-state index in [9.17, 15) is 9.59 Å². The van der Waals surface area contributed by atoms with Crippen molar-refractivity contribution in [1.82, 2.24) is 0 Å². The topological polar surface area (TPSA) is 82.9 Å². The molecule has 0 heterocycles. The van der Waals surface area contributed by atoms with Crippen LogP contribution in [-0.2, 0) is 9.59 Å². The van der Waals surface area contributed by atoms with Crippen LogP contribution >= 0.6 is 0 Å². The van der Waals surface area contributed by atoms with Crippen LogP contribution in [0.2, 0.25) is 0 Å². The molecule has 7 atom stereocenters. The highest BCUT2D eigenvalue weighted by Gasteiger charge is 2.62. The third-order valence-corrected chi connectivity index (χ3v) is 9.31. The molecule has 0 spiro atoms. The van der Waals surface area contributed by atoms with E-state index in [1.165, 1.54) is 0 Å². The number of hydrogen-bond donors (Lipinski definition) is 0. The zero-order valence-corrected chi connectivity index (χ0v) is 18.0. The Hall–Kier alpha value is -1.61. The zero-order chi connectivity index (χ0) is 20.6. The van der Waals surface area contributed by atoms with Gasteiger partial charge in [0, 0.05) is 35.6 Å². The van der Waals surface area contributed by atoms with Gasteiger partial charge >= 0.3 is 0 Å². The maximum atomic E-state index is 13.3. The molecule has 4 aliphatic carbocycles. The van der Waals surface area contributed by atoms with E-state index in [1.54, 1.807) is 0 Å². The highest BCUT2D eigenvalue weighted by atomic mass is 16.1. The molecule has 4 saturated carbocycles. The van der Waals surface area contributed by atoms with E-state index in [0.29, 0.717) is 48.2 Å². The number of carbonyl (C=O) groups excluding carboxylic acids is 2. The van der Waals surface area contributed by atoms with Crippen molar-refractivity contribution in [2.75, 3.05) is 6.54 Å². The lowest BCUT2D eigenvalue weighted by atomic mass is 9.44. The molecule has 4 fully saturated rings. The SMILES string of the molecule is C[C@]12CC[C@@H](/C=C\CCCN=[N+]=[N-])CC1C(=O)C[C@@H]1[C@@H]2CC[C@]2(C)C(=O)CC[C@@H]12. The maximum absolute atomic E-state index is 13.3. The zero-order valence-electron chi connectivity index (χ0n) is 18.0. The van der Waals surface area contributed by atoms with Gasteiger partial charge in [0.05, 0.1) is 0 Å². The molecule has 158 valence electrons. The predicted octanol–water partition coefficient (Wildman–Crippen LogP) is 6.04. The number of allylic oxidation sites excluding steroid dienone is 2. The quantitative estimate of drug-likeness (QED) is 0.186. The van der Waals surface area contributed by atoms with Crippen LogP contribution in [0.15, 0.2) is 17.3 Å². The first kappa shape index (κ1) is 20.7. The Kier molecular flexibility index (Phi) is 5.63. The molecule has 0 radical (unpaired) electrons. The first-order valence-electron chi connectivity index (χ1n) is 11.6. The summed E-state index contributed by atoms with van der Waals surface area (Å²) in [5.41, 5.74) is 8.31. The highest BCUT2D eigenvalue weighted by Crippen LogP contribution is 2.65. The van der Waals surface area contributed by atoms with Crippen LogP contribution in [0.4, 0.5) is 0 Å². The Bertz CT molecular complexity index is 755. The number of azide groups is 1. The van der Waals surface area contributed by atoms with Crippen molar-refractivity contribution in [3.05, 3.63) is 22.6 Å². The molecular weight excluding hydrogens is 362 g/mol. The summed E-state index contributed by atoms with van der Waals surface area (Å²) in [5, 5.41) is 3.58. The van der Waals surface area contributed by atoms with Crippen molar-refractivity contribution >= 4 is 11.6 Å². The lowest BCUT2D eigenvalue weighted by Gasteiger charge is -2.59. The normalized spacial score (nSPS) is 44.1. The molecule has 29 heavy (non-hydrogen) atoms. The fraction of sp³-hybridized carbons (Fsp3) is 0.833. The van der Waals surface area contributed by atoms with Crippen molar-refractivity contribution in [2.24, 2.45) is 45.5 Å². The summed E-state index contributed by atoms with van der Waals surface area (Å²) in [6.45, 7) is 5.13. The molecule has 0 amide bonds. The summed E-state index contributed by atoms with van der Waals surface area (Å²) in [4.78, 5) is 28.7. The maximum Gasteiger partial charge on any atom is 0.139 e. The molecule has 0 aromatic rings. The molecule has 0 aromatic carbocycles. The minimum absolute atomic E-state index is 0.124. The monoisotopic (exact) mass is 397 g/mol. The van der Waals surface area contributed by atoms with E-state index in [1.807, 2.05) is 0 Å². The van der Waals surface area contributed by atoms with Gasteiger partial charge in [-0.05, 0) is 86.0 Å². The molecule has 4 aliphatic rings. The van der Waals surface area contributed by atoms with E-state index in [-0.39, 0.29) is 16.7 Å². The second-order valence-electron chi connectivity index (χ2n) is 10.6. The van der Waals surface area contributed by atoms with Gasteiger partial charge in [-0.2, -0.15) is 0 Å². The average Bonchev–Trinajstić information content (AvgIpc) is 3.00. The van der Waals surface area contributed by atoms with Crippen LogP contribution < -0.4 is 0 Å². The lowest BCUT2D eigenvalue weighted by molar-refractivity contribution is -0.157. The third kappa shape index (κ3) is 3.46. The second kappa shape index (κ2) is 7.91. The molecule has 5 heteroatoms. The van der Waals surface area contributed by atoms with E-state index >= 15 is 0 Å². The van der Waals surface area contributed by atoms with Crippen LogP contribution in [-0.4, -0.2) is 18.1 Å². The molecule has 0 aromatic heterocycles. The summed E-state index contributed by atoms with van der Waals surface area (Å²) in [6.07, 6.45) is 14.2. The molecule has 1 unspecified atom stereocenters. The summed E-state index contributed by atoms with van der Waals surface area (Å²) in [5.74, 6) is 3.09. The van der Waals surface area contributed by atoms with E-state index in [0.717, 1.165) is 57.8 Å². The minimum Gasteiger partial charge on any atom is -0.299 e. The van der Waals surface area contributed by atoms with Gasteiger partial charge in [-0.15, -0.1) is 0 Å². The Morgan fingerprint density at radius 2 is 2.00 bits per heavy atom. The number of Topliss-reactive ketones (excluding diaryl/α,β-unsaturated/α-hetero) is 2. The van der Waals surface area contributed by atoms with Crippen molar-refractivity contribution in [3.8, 4) is 0 Å². The van der Waals surface area contributed by atoms with Gasteiger partial charge in [-0.3, -0.25) is 9.59 Å². The fourth-order valence-corrected chi connectivity index (χ4v) is 7.63. The van der Waals surface area contributed by atoms with Gasteiger partial charge in [0.15, 0.2) is 0 Å². The molecule has 4 rings (SSSR count). The van der Waals surface area contributed by atoms with Gasteiger partial charge in [-0.25, -0.2) is 0 Å². The number of nitrogens with zero attached hydrogens (tertiary/aromatic N) is 3. The van der Waals surface area contributed by atoms with Crippen LogP contribution in [0.3, 0.4) is 0 Å². The fourth-order valence-electron chi connectivity index (χ4n) is 7.63. The Morgan fingerprint density at radius 3 is 2.79 bits per heavy atom. The standard InChI is InChI=1S/C24H35N3O2/c1-23-11-9-16(6-4-3-5-13-26-27-25)14-20(23)21(28)15-17-18-7-8-22(29)24(18,2)12-10-19(17)23/h4,6,16-20H,3,5,7-15H2,1-2H3/b6-4-/t16-,17+,18+,19+,20?,23-,24+/m1/s1. The van der Waals surface area contributed by atoms with E-state index < -0.39 is 0 Å². The smallest absolute Gasteiger partial charge is 0.139 e. The largest absolute Gasteiger partial charge is 0.299 e. The Morgan fingerprint density at radius 1 is 1.17 bits per heavy atom. The number of ketones is 2. The number of carbonyl (C=O) groups is 2. The third-order valence-electron chi connectivity index (χ3n) is 9.31. The van der Waals surface area contributed by atoms with Gasteiger partial charge in [-0.1, -0.05) is 31.1 Å². The average molecular weight is 398 g/mol. The predicted molar refractivity (Wildman–Crippen MR) is 113 cm³/mol. The summed E-state index contributed by atoms with van der Waals surface area (Å²) in [6, 6.07) is 0. The molecule has 0 bridgehead atoms. The first-order valence-corrected chi connectivity index (χ1v) is 11.6. The van der Waals surface area contributed by atoms with Gasteiger partial charge in [0.2, 0.25) is 0 Å². The molecular formula is C24H35N3O2. The van der Waals surface area contributed by atoms with Gasteiger partial charge < -0.3 is 0 Å². The molecule has 5 nitrogen and oxygen atoms in total.